The monoisotopic (exact) mass is 298 g/mol. The van der Waals surface area contributed by atoms with E-state index in [1.807, 2.05) is 6.92 Å². The Balaban J connectivity index is 2.28. The quantitative estimate of drug-likeness (QED) is 0.921. The third-order valence-corrected chi connectivity index (χ3v) is 2.80. The topological polar surface area (TPSA) is 57.4 Å². The lowest BCUT2D eigenvalue weighted by Crippen LogP contribution is -2.00. The van der Waals surface area contributed by atoms with Crippen LogP contribution in [-0.4, -0.2) is 11.6 Å². The van der Waals surface area contributed by atoms with Crippen molar-refractivity contribution < 1.29 is 9.47 Å². The first-order valence-electron chi connectivity index (χ1n) is 5.62. The molecule has 19 heavy (non-hydrogen) atoms. The molecule has 6 heteroatoms. The van der Waals surface area contributed by atoms with Crippen molar-refractivity contribution in [1.82, 2.24) is 4.98 Å². The Hall–Kier alpha value is -1.65. The molecule has 0 fully saturated rings. The van der Waals surface area contributed by atoms with Gasteiger partial charge in [-0.3, -0.25) is 0 Å². The normalized spacial score (nSPS) is 10.3. The lowest BCUT2D eigenvalue weighted by Gasteiger charge is -2.10. The fourth-order valence-electron chi connectivity index (χ4n) is 1.41. The van der Waals surface area contributed by atoms with Crippen molar-refractivity contribution in [1.29, 1.82) is 0 Å². The second-order valence-electron chi connectivity index (χ2n) is 3.65. The van der Waals surface area contributed by atoms with E-state index in [0.29, 0.717) is 39.8 Å². The van der Waals surface area contributed by atoms with Crippen LogP contribution in [0.4, 0.5) is 5.69 Å². The van der Waals surface area contributed by atoms with Crippen molar-refractivity contribution in [2.24, 2.45) is 0 Å². The van der Waals surface area contributed by atoms with E-state index in [0.717, 1.165) is 0 Å². The third kappa shape index (κ3) is 3.43. The van der Waals surface area contributed by atoms with E-state index in [-0.39, 0.29) is 0 Å². The molecule has 0 aliphatic rings. The number of ether oxygens (including phenoxy) is 2. The van der Waals surface area contributed by atoms with Crippen LogP contribution in [0.3, 0.4) is 0 Å². The summed E-state index contributed by atoms with van der Waals surface area (Å²) in [6.45, 7) is 2.32. The molecule has 0 amide bonds. The fourth-order valence-corrected chi connectivity index (χ4v) is 1.73. The molecule has 2 aromatic rings. The van der Waals surface area contributed by atoms with E-state index in [4.69, 9.17) is 38.4 Å². The molecular formula is C13H12Cl2N2O2. The molecule has 0 saturated carbocycles. The van der Waals surface area contributed by atoms with Crippen molar-refractivity contribution in [3.05, 3.63) is 40.4 Å². The van der Waals surface area contributed by atoms with Gasteiger partial charge in [0.1, 0.15) is 5.75 Å². The van der Waals surface area contributed by atoms with Crippen LogP contribution in [-0.2, 0) is 0 Å². The van der Waals surface area contributed by atoms with Gasteiger partial charge < -0.3 is 15.2 Å². The Morgan fingerprint density at radius 2 is 2.00 bits per heavy atom. The first-order chi connectivity index (χ1) is 9.10. The Morgan fingerprint density at radius 1 is 1.21 bits per heavy atom. The molecule has 0 atom stereocenters. The minimum absolute atomic E-state index is 0.332. The van der Waals surface area contributed by atoms with Gasteiger partial charge in [-0.1, -0.05) is 23.2 Å². The lowest BCUT2D eigenvalue weighted by molar-refractivity contribution is 0.323. The van der Waals surface area contributed by atoms with Gasteiger partial charge in [-0.05, 0) is 25.1 Å². The minimum Gasteiger partial charge on any atom is -0.476 e. The molecule has 100 valence electrons. The predicted molar refractivity (Wildman–Crippen MR) is 76.4 cm³/mol. The van der Waals surface area contributed by atoms with Crippen LogP contribution in [0.1, 0.15) is 6.92 Å². The molecule has 1 aromatic heterocycles. The van der Waals surface area contributed by atoms with Crippen LogP contribution in [0.2, 0.25) is 10.0 Å². The highest BCUT2D eigenvalue weighted by atomic mass is 35.5. The average molecular weight is 299 g/mol. The first-order valence-corrected chi connectivity index (χ1v) is 6.38. The summed E-state index contributed by atoms with van der Waals surface area (Å²) in [5, 5.41) is 0.973. The molecule has 0 saturated heterocycles. The van der Waals surface area contributed by atoms with Crippen molar-refractivity contribution in [2.75, 3.05) is 12.3 Å². The number of hydrogen-bond donors (Lipinski definition) is 1. The standard InChI is InChI=1S/C13H12Cl2N2O2/c1-2-18-13-10(16)5-6-12(17-13)19-11-7-8(14)3-4-9(11)15/h3-7H,2,16H2,1H3. The van der Waals surface area contributed by atoms with Gasteiger partial charge in [-0.2, -0.15) is 4.98 Å². The Kier molecular flexibility index (Phi) is 4.35. The van der Waals surface area contributed by atoms with Crippen LogP contribution in [0.15, 0.2) is 30.3 Å². The van der Waals surface area contributed by atoms with Gasteiger partial charge in [0, 0.05) is 17.2 Å². The summed E-state index contributed by atoms with van der Waals surface area (Å²) in [6, 6.07) is 8.24. The summed E-state index contributed by atoms with van der Waals surface area (Å²) in [4.78, 5) is 4.16. The fraction of sp³-hybridized carbons (Fsp3) is 0.154. The summed E-state index contributed by atoms with van der Waals surface area (Å²) in [5.74, 6) is 1.09. The number of aromatic nitrogens is 1. The molecule has 0 aliphatic heterocycles. The van der Waals surface area contributed by atoms with E-state index < -0.39 is 0 Å². The van der Waals surface area contributed by atoms with Crippen LogP contribution in [0, 0.1) is 0 Å². The number of nitrogens with zero attached hydrogens (tertiary/aromatic N) is 1. The summed E-state index contributed by atoms with van der Waals surface area (Å²) in [7, 11) is 0. The van der Waals surface area contributed by atoms with E-state index in [1.54, 1.807) is 30.3 Å². The SMILES string of the molecule is CCOc1nc(Oc2cc(Cl)ccc2Cl)ccc1N. The van der Waals surface area contributed by atoms with Crippen LogP contribution in [0.25, 0.3) is 0 Å². The number of nitrogen functional groups attached to an aromatic ring is 1. The number of pyridine rings is 1. The first kappa shape index (κ1) is 13.8. The number of benzene rings is 1. The number of rotatable bonds is 4. The maximum absolute atomic E-state index is 6.01. The van der Waals surface area contributed by atoms with Gasteiger partial charge in [-0.25, -0.2) is 0 Å². The molecule has 0 unspecified atom stereocenters. The Bertz CT molecular complexity index is 591. The van der Waals surface area contributed by atoms with Gasteiger partial charge in [0.25, 0.3) is 0 Å². The summed E-state index contributed by atoms with van der Waals surface area (Å²) in [6.07, 6.45) is 0. The van der Waals surface area contributed by atoms with E-state index in [9.17, 15) is 0 Å². The molecule has 0 spiro atoms. The van der Waals surface area contributed by atoms with Crippen LogP contribution < -0.4 is 15.2 Å². The zero-order valence-electron chi connectivity index (χ0n) is 10.2. The average Bonchev–Trinajstić information content (AvgIpc) is 2.38. The number of nitrogens with two attached hydrogens (primary N) is 1. The van der Waals surface area contributed by atoms with Gasteiger partial charge in [0.2, 0.25) is 11.8 Å². The van der Waals surface area contributed by atoms with Crippen molar-refractivity contribution >= 4 is 28.9 Å². The van der Waals surface area contributed by atoms with Gasteiger partial charge in [0.05, 0.1) is 17.3 Å². The van der Waals surface area contributed by atoms with E-state index >= 15 is 0 Å². The molecule has 1 heterocycles. The molecule has 1 aromatic carbocycles. The summed E-state index contributed by atoms with van der Waals surface area (Å²) >= 11 is 11.9. The smallest absolute Gasteiger partial charge is 0.240 e. The molecule has 0 bridgehead atoms. The zero-order chi connectivity index (χ0) is 13.8. The maximum Gasteiger partial charge on any atom is 0.240 e. The second-order valence-corrected chi connectivity index (χ2v) is 4.50. The predicted octanol–water partition coefficient (Wildman–Crippen LogP) is 4.16. The molecule has 2 rings (SSSR count). The van der Waals surface area contributed by atoms with Gasteiger partial charge >= 0.3 is 0 Å². The van der Waals surface area contributed by atoms with Crippen LogP contribution in [0.5, 0.6) is 17.5 Å². The zero-order valence-corrected chi connectivity index (χ0v) is 11.7. The summed E-state index contributed by atoms with van der Waals surface area (Å²) in [5.41, 5.74) is 6.18. The molecule has 2 N–H and O–H groups in total. The Labute approximate surface area is 121 Å². The summed E-state index contributed by atoms with van der Waals surface area (Å²) < 4.78 is 10.9. The van der Waals surface area contributed by atoms with Crippen molar-refractivity contribution in [3.8, 4) is 17.5 Å². The van der Waals surface area contributed by atoms with E-state index in [2.05, 4.69) is 4.98 Å². The number of halogens is 2. The molecule has 4 nitrogen and oxygen atoms in total. The number of anilines is 1. The van der Waals surface area contributed by atoms with Crippen molar-refractivity contribution in [2.45, 2.75) is 6.92 Å². The highest BCUT2D eigenvalue weighted by Crippen LogP contribution is 2.32. The minimum atomic E-state index is 0.332. The second kappa shape index (κ2) is 5.99. The lowest BCUT2D eigenvalue weighted by atomic mass is 10.3. The highest BCUT2D eigenvalue weighted by Gasteiger charge is 2.08. The van der Waals surface area contributed by atoms with Gasteiger partial charge in [-0.15, -0.1) is 0 Å². The maximum atomic E-state index is 6.01. The highest BCUT2D eigenvalue weighted by molar-refractivity contribution is 6.34. The molecule has 0 aliphatic carbocycles. The third-order valence-electron chi connectivity index (χ3n) is 2.25. The van der Waals surface area contributed by atoms with Crippen LogP contribution >= 0.6 is 23.2 Å². The van der Waals surface area contributed by atoms with E-state index in [1.165, 1.54) is 0 Å². The van der Waals surface area contributed by atoms with Gasteiger partial charge in [0.15, 0.2) is 0 Å². The largest absolute Gasteiger partial charge is 0.476 e. The van der Waals surface area contributed by atoms with Crippen molar-refractivity contribution in [3.63, 3.8) is 0 Å². The Morgan fingerprint density at radius 3 is 2.74 bits per heavy atom. The molecular weight excluding hydrogens is 287 g/mol. The molecule has 0 radical (unpaired) electrons. The number of hydrogen-bond acceptors (Lipinski definition) is 4.